The number of hydrogen-bond acceptors (Lipinski definition) is 11. The molecule has 1 saturated carbocycles. The van der Waals surface area contributed by atoms with Gasteiger partial charge in [0.2, 0.25) is 11.8 Å². The smallest absolute Gasteiger partial charge is 0.319 e. The topological polar surface area (TPSA) is 134 Å². The Hall–Kier alpha value is -4.84. The van der Waals surface area contributed by atoms with E-state index in [-0.39, 0.29) is 87.6 Å². The molecule has 3 aliphatic heterocycles. The molecular weight excluding hydrogens is 722 g/mol. The number of β-amino-alcohol motifs (C(OH)–C–C–N with tert-alkyl or cyclic N) is 1. The molecule has 3 saturated heterocycles. The Kier molecular flexibility index (Phi) is 10.1. The number of aromatic hydroxyl groups is 1. The Bertz CT molecular complexity index is 2220. The lowest BCUT2D eigenvalue weighted by molar-refractivity contribution is -0.131. The van der Waals surface area contributed by atoms with Gasteiger partial charge < -0.3 is 34.2 Å². The van der Waals surface area contributed by atoms with Crippen LogP contribution in [0.2, 0.25) is 0 Å². The Labute approximate surface area is 324 Å². The molecule has 8 rings (SSSR count). The summed E-state index contributed by atoms with van der Waals surface area (Å²) in [4.78, 5) is 32.6. The van der Waals surface area contributed by atoms with Gasteiger partial charge in [-0.2, -0.15) is 9.97 Å². The SMILES string of the molecule is C#Cc1c(F)ccc2cc(O)cc(-c3nc(OC)c4c(N5CCOCC(C)(O)C5)nc(OCC56CCCC5N(C5CCN(C(C)=O)CC5)CCC6)nc4c3F)c12. The van der Waals surface area contributed by atoms with Crippen molar-refractivity contribution >= 4 is 33.4 Å². The van der Waals surface area contributed by atoms with E-state index in [2.05, 4.69) is 15.8 Å². The molecule has 0 spiro atoms. The zero-order valence-electron chi connectivity index (χ0n) is 32.1. The fourth-order valence-electron chi connectivity index (χ4n) is 9.76. The van der Waals surface area contributed by atoms with Crippen LogP contribution in [0.4, 0.5) is 14.6 Å². The first-order valence-corrected chi connectivity index (χ1v) is 19.5. The predicted molar refractivity (Wildman–Crippen MR) is 207 cm³/mol. The third-order valence-corrected chi connectivity index (χ3v) is 12.3. The Morgan fingerprint density at radius 3 is 2.61 bits per heavy atom. The van der Waals surface area contributed by atoms with E-state index >= 15 is 8.78 Å². The molecule has 4 aromatic rings. The fraction of sp³-hybridized carbons (Fsp3) is 0.524. The number of aliphatic hydroxyl groups is 1. The van der Waals surface area contributed by atoms with Crippen LogP contribution in [0.1, 0.15) is 64.4 Å². The molecule has 0 radical (unpaired) electrons. The average Bonchev–Trinajstić information content (AvgIpc) is 3.54. The third kappa shape index (κ3) is 6.83. The number of carbonyl (C=O) groups excluding carboxylic acids is 1. The number of rotatable bonds is 7. The number of anilines is 1. The van der Waals surface area contributed by atoms with Crippen LogP contribution in [0.5, 0.6) is 17.6 Å². The van der Waals surface area contributed by atoms with Crippen molar-refractivity contribution in [2.24, 2.45) is 5.41 Å². The van der Waals surface area contributed by atoms with Crippen molar-refractivity contribution in [3.05, 3.63) is 41.5 Å². The number of carbonyl (C=O) groups is 1. The number of aromatic nitrogens is 3. The highest BCUT2D eigenvalue weighted by atomic mass is 19.1. The van der Waals surface area contributed by atoms with E-state index < -0.39 is 17.2 Å². The first kappa shape index (κ1) is 38.1. The average molecular weight is 771 g/mol. The number of nitrogens with zero attached hydrogens (tertiary/aromatic N) is 6. The summed E-state index contributed by atoms with van der Waals surface area (Å²) in [6, 6.07) is 6.01. The summed E-state index contributed by atoms with van der Waals surface area (Å²) in [6.45, 7) is 6.94. The highest BCUT2D eigenvalue weighted by Crippen LogP contribution is 2.50. The van der Waals surface area contributed by atoms with E-state index in [1.54, 1.807) is 18.7 Å². The van der Waals surface area contributed by atoms with Gasteiger partial charge in [-0.05, 0) is 75.6 Å². The molecule has 3 atom stereocenters. The lowest BCUT2D eigenvalue weighted by atomic mass is 9.74. The van der Waals surface area contributed by atoms with E-state index in [0.29, 0.717) is 30.6 Å². The number of phenols is 1. The van der Waals surface area contributed by atoms with Crippen LogP contribution >= 0.6 is 0 Å². The van der Waals surface area contributed by atoms with Crippen molar-refractivity contribution in [2.45, 2.75) is 76.5 Å². The van der Waals surface area contributed by atoms with Crippen molar-refractivity contribution in [3.63, 3.8) is 0 Å². The summed E-state index contributed by atoms with van der Waals surface area (Å²) in [5.41, 5.74) is -1.88. The molecule has 14 heteroatoms. The number of likely N-dealkylation sites (tertiary alicyclic amines) is 2. The number of fused-ring (bicyclic) bond motifs is 3. The third-order valence-electron chi connectivity index (χ3n) is 12.3. The number of ether oxygens (including phenoxy) is 3. The molecule has 56 heavy (non-hydrogen) atoms. The van der Waals surface area contributed by atoms with Crippen molar-refractivity contribution in [1.29, 1.82) is 0 Å². The van der Waals surface area contributed by atoms with Gasteiger partial charge in [0.05, 0.1) is 39.0 Å². The lowest BCUT2D eigenvalue weighted by Gasteiger charge is -2.50. The van der Waals surface area contributed by atoms with Gasteiger partial charge in [-0.15, -0.1) is 6.42 Å². The van der Waals surface area contributed by atoms with Gasteiger partial charge in [-0.3, -0.25) is 9.69 Å². The monoisotopic (exact) mass is 770 g/mol. The lowest BCUT2D eigenvalue weighted by Crippen LogP contribution is -2.57. The quantitative estimate of drug-likeness (QED) is 0.233. The highest BCUT2D eigenvalue weighted by molar-refractivity contribution is 6.04. The number of halogens is 2. The van der Waals surface area contributed by atoms with Crippen LogP contribution in [0.3, 0.4) is 0 Å². The second kappa shape index (κ2) is 14.9. The number of methoxy groups -OCH3 is 1. The molecule has 2 aromatic heterocycles. The maximum atomic E-state index is 17.4. The molecule has 5 heterocycles. The molecule has 12 nitrogen and oxygen atoms in total. The van der Waals surface area contributed by atoms with Crippen LogP contribution in [-0.2, 0) is 9.53 Å². The number of hydrogen-bond donors (Lipinski definition) is 2. The maximum absolute atomic E-state index is 17.4. The highest BCUT2D eigenvalue weighted by Gasteiger charge is 2.50. The zero-order valence-corrected chi connectivity index (χ0v) is 32.1. The van der Waals surface area contributed by atoms with Gasteiger partial charge in [-0.1, -0.05) is 18.4 Å². The zero-order chi connectivity index (χ0) is 39.4. The number of pyridine rings is 1. The summed E-state index contributed by atoms with van der Waals surface area (Å²) in [7, 11) is 1.39. The molecular formula is C42H48F2N6O6. The molecule has 4 aliphatic rings. The van der Waals surface area contributed by atoms with Gasteiger partial charge in [-0.25, -0.2) is 13.8 Å². The van der Waals surface area contributed by atoms with Crippen molar-refractivity contribution in [1.82, 2.24) is 24.8 Å². The van der Waals surface area contributed by atoms with Gasteiger partial charge in [0.1, 0.15) is 39.6 Å². The van der Waals surface area contributed by atoms with Crippen LogP contribution in [0.25, 0.3) is 32.9 Å². The van der Waals surface area contributed by atoms with Gasteiger partial charge in [0.25, 0.3) is 0 Å². The molecule has 0 bridgehead atoms. The fourth-order valence-corrected chi connectivity index (χ4v) is 9.76. The molecule has 2 N–H and O–H groups in total. The first-order valence-electron chi connectivity index (χ1n) is 19.5. The normalized spacial score (nSPS) is 24.9. The first-order chi connectivity index (χ1) is 26.9. The van der Waals surface area contributed by atoms with E-state index in [4.69, 9.17) is 30.6 Å². The van der Waals surface area contributed by atoms with Crippen LogP contribution < -0.4 is 14.4 Å². The summed E-state index contributed by atoms with van der Waals surface area (Å²) in [6.07, 6.45) is 12.7. The largest absolute Gasteiger partial charge is 0.508 e. The van der Waals surface area contributed by atoms with Gasteiger partial charge in [0.15, 0.2) is 5.82 Å². The van der Waals surface area contributed by atoms with Crippen molar-refractivity contribution in [2.75, 3.05) is 64.6 Å². The Balaban J connectivity index is 1.23. The van der Waals surface area contributed by atoms with E-state index in [1.165, 1.54) is 31.4 Å². The number of benzene rings is 2. The number of terminal acetylenes is 1. The molecule has 1 aliphatic carbocycles. The minimum absolute atomic E-state index is 0.0221. The molecule has 296 valence electrons. The standard InChI is InChI=1S/C42H48F2N6O6/c1-5-29-31(43)10-9-26-20-28(52)21-30(33(26)29)36-35(44)37-34(39(45-36)54-4)38(49-18-19-55-23-41(3,53)22-49)47-40(46-37)56-24-42-13-6-8-32(42)50(15-7-14-42)27-11-16-48(17-12-27)25(2)51/h1,9-10,20-21,27,32,52-53H,6-8,11-19,22-24H2,2-4H3. The van der Waals surface area contributed by atoms with Gasteiger partial charge in [0, 0.05) is 55.0 Å². The van der Waals surface area contributed by atoms with E-state index in [1.807, 2.05) is 4.90 Å². The van der Waals surface area contributed by atoms with E-state index in [9.17, 15) is 15.0 Å². The molecule has 1 amide bonds. The van der Waals surface area contributed by atoms with Crippen LogP contribution in [0, 0.1) is 29.4 Å². The number of amides is 1. The summed E-state index contributed by atoms with van der Waals surface area (Å²) < 4.78 is 50.6. The summed E-state index contributed by atoms with van der Waals surface area (Å²) in [5.74, 6) is 0.986. The molecule has 2 aromatic carbocycles. The minimum Gasteiger partial charge on any atom is -0.508 e. The summed E-state index contributed by atoms with van der Waals surface area (Å²) in [5, 5.41) is 22.7. The minimum atomic E-state index is -1.26. The van der Waals surface area contributed by atoms with Crippen molar-refractivity contribution < 1.29 is 38.0 Å². The molecule has 3 unspecified atom stereocenters. The van der Waals surface area contributed by atoms with Crippen LogP contribution in [-0.4, -0.2) is 118 Å². The Morgan fingerprint density at radius 1 is 1.07 bits per heavy atom. The number of piperidine rings is 2. The van der Waals surface area contributed by atoms with E-state index in [0.717, 1.165) is 64.6 Å². The van der Waals surface area contributed by atoms with Crippen LogP contribution in [0.15, 0.2) is 24.3 Å². The Morgan fingerprint density at radius 2 is 1.86 bits per heavy atom. The second-order valence-electron chi connectivity index (χ2n) is 16.1. The van der Waals surface area contributed by atoms with Crippen molar-refractivity contribution in [3.8, 4) is 41.2 Å². The second-order valence-corrected chi connectivity index (χ2v) is 16.1. The summed E-state index contributed by atoms with van der Waals surface area (Å²) >= 11 is 0. The predicted octanol–water partition coefficient (Wildman–Crippen LogP) is 5.43. The number of phenolic OH excluding ortho intramolecular Hbond substituents is 1. The maximum Gasteiger partial charge on any atom is 0.319 e. The van der Waals surface area contributed by atoms with Gasteiger partial charge >= 0.3 is 6.01 Å². The molecule has 4 fully saturated rings.